The number of hydrogen-bond donors (Lipinski definition) is 1. The first-order chi connectivity index (χ1) is 12.5. The molecule has 2 heterocycles. The van der Waals surface area contributed by atoms with Gasteiger partial charge in [0.2, 0.25) is 0 Å². The molecule has 0 spiro atoms. The number of nitrogens with zero attached hydrogens (tertiary/aromatic N) is 4. The summed E-state index contributed by atoms with van der Waals surface area (Å²) in [6.45, 7) is 5.29. The maximum Gasteiger partial charge on any atom is 0.194 e. The minimum atomic E-state index is -0.266. The van der Waals surface area contributed by atoms with Crippen LogP contribution in [-0.2, 0) is 18.3 Å². The maximum absolute atomic E-state index is 13.6. The number of rotatable bonds is 4. The van der Waals surface area contributed by atoms with E-state index in [9.17, 15) is 4.39 Å². The van der Waals surface area contributed by atoms with Gasteiger partial charge in [0, 0.05) is 36.4 Å². The molecular weight excluding hydrogens is 401 g/mol. The maximum atomic E-state index is 13.6. The van der Waals surface area contributed by atoms with Gasteiger partial charge in [0.15, 0.2) is 5.96 Å². The molecule has 0 saturated carbocycles. The summed E-state index contributed by atoms with van der Waals surface area (Å²) in [5, 5.41) is 7.55. The summed E-state index contributed by atoms with van der Waals surface area (Å²) >= 11 is 3.32. The van der Waals surface area contributed by atoms with Gasteiger partial charge >= 0.3 is 0 Å². The number of hydrogen-bond acceptors (Lipinski definition) is 3. The predicted octanol–water partition coefficient (Wildman–Crippen LogP) is 2.86. The zero-order chi connectivity index (χ0) is 18.5. The van der Waals surface area contributed by atoms with Crippen molar-refractivity contribution in [1.29, 1.82) is 0 Å². The lowest BCUT2D eigenvalue weighted by molar-refractivity contribution is -0.00805. The van der Waals surface area contributed by atoms with Crippen molar-refractivity contribution in [2.75, 3.05) is 26.2 Å². The first-order valence-corrected chi connectivity index (χ1v) is 9.43. The molecule has 0 radical (unpaired) electrons. The molecule has 1 atom stereocenters. The van der Waals surface area contributed by atoms with Crippen LogP contribution in [0.15, 0.2) is 40.1 Å². The molecule has 1 saturated heterocycles. The standard InChI is InChI=1S/C18H23BrFN5O/c1-3-21-18(22-9-13-6-15(19)8-16(20)7-13)25-4-5-26-17(12-25)14-10-23-24(2)11-14/h6-8,10-11,17H,3-5,9,12H2,1-2H3,(H,21,22). The molecule has 8 heteroatoms. The third-order valence-corrected chi connectivity index (χ3v) is 4.59. The summed E-state index contributed by atoms with van der Waals surface area (Å²) in [5.41, 5.74) is 1.88. The topological polar surface area (TPSA) is 54.7 Å². The summed E-state index contributed by atoms with van der Waals surface area (Å²) in [4.78, 5) is 6.87. The molecule has 1 aliphatic rings. The van der Waals surface area contributed by atoms with Crippen molar-refractivity contribution in [2.45, 2.75) is 19.6 Å². The normalized spacial score (nSPS) is 18.2. The van der Waals surface area contributed by atoms with Gasteiger partial charge in [-0.25, -0.2) is 9.38 Å². The van der Waals surface area contributed by atoms with Crippen molar-refractivity contribution in [3.8, 4) is 0 Å². The van der Waals surface area contributed by atoms with E-state index in [0.29, 0.717) is 19.7 Å². The molecule has 1 aromatic heterocycles. The Labute approximate surface area is 161 Å². The number of halogens is 2. The van der Waals surface area contributed by atoms with E-state index in [1.165, 1.54) is 12.1 Å². The minimum absolute atomic E-state index is 0.0374. The third kappa shape index (κ3) is 4.82. The summed E-state index contributed by atoms with van der Waals surface area (Å²) < 4.78 is 22.0. The van der Waals surface area contributed by atoms with Gasteiger partial charge in [-0.1, -0.05) is 15.9 Å². The SMILES string of the molecule is CCNC(=NCc1cc(F)cc(Br)c1)N1CCOC(c2cnn(C)c2)C1. The highest BCUT2D eigenvalue weighted by Gasteiger charge is 2.25. The van der Waals surface area contributed by atoms with Crippen LogP contribution in [0.3, 0.4) is 0 Å². The Balaban J connectivity index is 1.73. The summed E-state index contributed by atoms with van der Waals surface area (Å²) in [5.74, 6) is 0.544. The van der Waals surface area contributed by atoms with E-state index in [-0.39, 0.29) is 11.9 Å². The number of benzene rings is 1. The van der Waals surface area contributed by atoms with Crippen molar-refractivity contribution in [3.05, 3.63) is 52.0 Å². The van der Waals surface area contributed by atoms with E-state index < -0.39 is 0 Å². The molecule has 0 amide bonds. The highest BCUT2D eigenvalue weighted by molar-refractivity contribution is 9.10. The van der Waals surface area contributed by atoms with Crippen molar-refractivity contribution in [2.24, 2.45) is 12.0 Å². The smallest absolute Gasteiger partial charge is 0.194 e. The number of aryl methyl sites for hydroxylation is 1. The fourth-order valence-corrected chi connectivity index (χ4v) is 3.46. The van der Waals surface area contributed by atoms with Crippen molar-refractivity contribution in [3.63, 3.8) is 0 Å². The molecule has 0 bridgehead atoms. The van der Waals surface area contributed by atoms with E-state index in [1.54, 1.807) is 4.68 Å². The molecule has 3 rings (SSSR count). The van der Waals surface area contributed by atoms with Crippen molar-refractivity contribution < 1.29 is 9.13 Å². The van der Waals surface area contributed by atoms with E-state index >= 15 is 0 Å². The third-order valence-electron chi connectivity index (χ3n) is 4.13. The van der Waals surface area contributed by atoms with E-state index in [0.717, 1.165) is 34.6 Å². The number of aromatic nitrogens is 2. The van der Waals surface area contributed by atoms with Crippen molar-refractivity contribution >= 4 is 21.9 Å². The molecule has 26 heavy (non-hydrogen) atoms. The number of nitrogens with one attached hydrogen (secondary N) is 1. The molecule has 1 fully saturated rings. The van der Waals surface area contributed by atoms with Crippen LogP contribution < -0.4 is 5.32 Å². The second-order valence-electron chi connectivity index (χ2n) is 6.20. The first kappa shape index (κ1) is 18.8. The number of guanidine groups is 1. The van der Waals surface area contributed by atoms with E-state index in [1.807, 2.05) is 32.4 Å². The van der Waals surface area contributed by atoms with E-state index in [2.05, 4.69) is 31.2 Å². The average Bonchev–Trinajstić information content (AvgIpc) is 3.04. The highest BCUT2D eigenvalue weighted by atomic mass is 79.9. The van der Waals surface area contributed by atoms with Gasteiger partial charge in [-0.2, -0.15) is 5.10 Å². The van der Waals surface area contributed by atoms with Gasteiger partial charge in [-0.3, -0.25) is 4.68 Å². The monoisotopic (exact) mass is 423 g/mol. The quantitative estimate of drug-likeness (QED) is 0.606. The van der Waals surface area contributed by atoms with Crippen LogP contribution in [0.1, 0.15) is 24.2 Å². The Morgan fingerprint density at radius 3 is 3.00 bits per heavy atom. The number of aliphatic imine (C=N–C) groups is 1. The molecule has 1 unspecified atom stereocenters. The Kier molecular flexibility index (Phi) is 6.26. The molecule has 1 N–H and O–H groups in total. The van der Waals surface area contributed by atoms with E-state index in [4.69, 9.17) is 9.73 Å². The van der Waals surface area contributed by atoms with Crippen LogP contribution in [0.4, 0.5) is 4.39 Å². The van der Waals surface area contributed by atoms with Crippen LogP contribution in [0.25, 0.3) is 0 Å². The average molecular weight is 424 g/mol. The fourth-order valence-electron chi connectivity index (χ4n) is 2.94. The van der Waals surface area contributed by atoms with Gasteiger partial charge in [-0.05, 0) is 30.7 Å². The molecule has 140 valence electrons. The molecule has 2 aromatic rings. The Hall–Kier alpha value is -1.93. The summed E-state index contributed by atoms with van der Waals surface area (Å²) in [7, 11) is 1.90. The van der Waals surface area contributed by atoms with Crippen molar-refractivity contribution in [1.82, 2.24) is 20.0 Å². The van der Waals surface area contributed by atoms with Gasteiger partial charge in [0.05, 0.1) is 25.9 Å². The molecular formula is C18H23BrFN5O. The first-order valence-electron chi connectivity index (χ1n) is 8.63. The molecule has 6 nitrogen and oxygen atoms in total. The van der Waals surface area contributed by atoms with Crippen LogP contribution in [-0.4, -0.2) is 46.9 Å². The second-order valence-corrected chi connectivity index (χ2v) is 7.12. The van der Waals surface area contributed by atoms with Gasteiger partial charge < -0.3 is 15.0 Å². The van der Waals surface area contributed by atoms with Crippen LogP contribution in [0.2, 0.25) is 0 Å². The summed E-state index contributed by atoms with van der Waals surface area (Å²) in [6, 6.07) is 4.84. The zero-order valence-corrected chi connectivity index (χ0v) is 16.5. The minimum Gasteiger partial charge on any atom is -0.370 e. The zero-order valence-electron chi connectivity index (χ0n) is 15.0. The van der Waals surface area contributed by atoms with Crippen LogP contribution in [0.5, 0.6) is 0 Å². The van der Waals surface area contributed by atoms with Gasteiger partial charge in [0.1, 0.15) is 11.9 Å². The largest absolute Gasteiger partial charge is 0.370 e. The molecule has 1 aromatic carbocycles. The lowest BCUT2D eigenvalue weighted by Gasteiger charge is -2.34. The Bertz CT molecular complexity index is 758. The number of morpholine rings is 1. The summed E-state index contributed by atoms with van der Waals surface area (Å²) in [6.07, 6.45) is 3.77. The van der Waals surface area contributed by atoms with Gasteiger partial charge in [0.25, 0.3) is 0 Å². The van der Waals surface area contributed by atoms with Crippen LogP contribution >= 0.6 is 15.9 Å². The predicted molar refractivity (Wildman–Crippen MR) is 102 cm³/mol. The lowest BCUT2D eigenvalue weighted by atomic mass is 10.1. The lowest BCUT2D eigenvalue weighted by Crippen LogP contribution is -2.48. The van der Waals surface area contributed by atoms with Crippen LogP contribution in [0, 0.1) is 5.82 Å². The number of ether oxygens (including phenoxy) is 1. The Morgan fingerprint density at radius 2 is 2.31 bits per heavy atom. The van der Waals surface area contributed by atoms with Gasteiger partial charge in [-0.15, -0.1) is 0 Å². The fraction of sp³-hybridized carbons (Fsp3) is 0.444. The Morgan fingerprint density at radius 1 is 1.46 bits per heavy atom. The molecule has 0 aliphatic carbocycles. The molecule has 1 aliphatic heterocycles. The highest BCUT2D eigenvalue weighted by Crippen LogP contribution is 2.22. The second kappa shape index (κ2) is 8.64.